The molecule has 1 saturated heterocycles. The highest BCUT2D eigenvalue weighted by atomic mass is 16.5. The van der Waals surface area contributed by atoms with E-state index in [9.17, 15) is 4.79 Å². The SMILES string of the molecule is COCCOC(=NCCCN1CCOCC1)NC(=O)c1cccc(C)c1. The minimum atomic E-state index is -0.224. The third kappa shape index (κ3) is 7.51. The van der Waals surface area contributed by atoms with Crippen molar-refractivity contribution >= 4 is 11.9 Å². The first-order valence-electron chi connectivity index (χ1n) is 9.03. The molecular formula is C19H29N3O4. The van der Waals surface area contributed by atoms with Crippen LogP contribution in [0, 0.1) is 6.92 Å². The zero-order valence-electron chi connectivity index (χ0n) is 15.7. The van der Waals surface area contributed by atoms with Crippen LogP contribution in [-0.2, 0) is 14.2 Å². The van der Waals surface area contributed by atoms with Crippen LogP contribution in [0.3, 0.4) is 0 Å². The second kappa shape index (κ2) is 11.6. The number of hydrogen-bond acceptors (Lipinski definition) is 6. The smallest absolute Gasteiger partial charge is 0.291 e. The number of ether oxygens (including phenoxy) is 3. The molecule has 1 heterocycles. The predicted octanol–water partition coefficient (Wildman–Crippen LogP) is 1.47. The largest absolute Gasteiger partial charge is 0.463 e. The Bertz CT molecular complexity index is 586. The number of benzene rings is 1. The molecule has 1 fully saturated rings. The summed E-state index contributed by atoms with van der Waals surface area (Å²) in [6, 6.07) is 7.66. The first kappa shape index (κ1) is 20.4. The number of carbonyl (C=O) groups excluding carboxylic acids is 1. The number of hydrogen-bond donors (Lipinski definition) is 1. The molecule has 2 rings (SSSR count). The quantitative estimate of drug-likeness (QED) is 0.430. The molecule has 144 valence electrons. The summed E-state index contributed by atoms with van der Waals surface area (Å²) in [6.45, 7) is 7.79. The molecule has 1 N–H and O–H groups in total. The normalized spacial score (nSPS) is 15.7. The first-order chi connectivity index (χ1) is 12.7. The van der Waals surface area contributed by atoms with Crippen molar-refractivity contribution in [1.82, 2.24) is 10.2 Å². The molecule has 26 heavy (non-hydrogen) atoms. The van der Waals surface area contributed by atoms with Crippen LogP contribution in [-0.4, -0.2) is 76.5 Å². The van der Waals surface area contributed by atoms with Crippen LogP contribution in [0.4, 0.5) is 0 Å². The van der Waals surface area contributed by atoms with E-state index >= 15 is 0 Å². The van der Waals surface area contributed by atoms with Crippen molar-refractivity contribution in [2.75, 3.05) is 59.7 Å². The standard InChI is InChI=1S/C19H29N3O4/c1-16-5-3-6-17(15-16)18(23)21-19(26-14-13-24-2)20-7-4-8-22-9-11-25-12-10-22/h3,5-6,15H,4,7-14H2,1-2H3,(H,20,21,23). The van der Waals surface area contributed by atoms with Crippen molar-refractivity contribution in [2.24, 2.45) is 4.99 Å². The van der Waals surface area contributed by atoms with Crippen molar-refractivity contribution in [2.45, 2.75) is 13.3 Å². The molecule has 0 unspecified atom stereocenters. The number of nitrogens with zero attached hydrogens (tertiary/aromatic N) is 2. The zero-order valence-corrected chi connectivity index (χ0v) is 15.7. The van der Waals surface area contributed by atoms with Crippen LogP contribution >= 0.6 is 0 Å². The number of aliphatic imine (C=N–C) groups is 1. The first-order valence-corrected chi connectivity index (χ1v) is 9.03. The number of morpholine rings is 1. The average Bonchev–Trinajstić information content (AvgIpc) is 2.66. The Balaban J connectivity index is 1.85. The summed E-state index contributed by atoms with van der Waals surface area (Å²) in [4.78, 5) is 19.2. The van der Waals surface area contributed by atoms with Gasteiger partial charge in [0.15, 0.2) is 0 Å². The van der Waals surface area contributed by atoms with Gasteiger partial charge in [-0.1, -0.05) is 17.7 Å². The maximum Gasteiger partial charge on any atom is 0.291 e. The lowest BCUT2D eigenvalue weighted by molar-refractivity contribution is 0.0377. The second-order valence-corrected chi connectivity index (χ2v) is 6.16. The van der Waals surface area contributed by atoms with Crippen molar-refractivity contribution in [3.05, 3.63) is 35.4 Å². The molecule has 0 saturated carbocycles. The third-order valence-electron chi connectivity index (χ3n) is 4.02. The van der Waals surface area contributed by atoms with Gasteiger partial charge in [0, 0.05) is 38.9 Å². The lowest BCUT2D eigenvalue weighted by Crippen LogP contribution is -2.37. The molecule has 0 atom stereocenters. The van der Waals surface area contributed by atoms with Gasteiger partial charge < -0.3 is 14.2 Å². The fraction of sp³-hybridized carbons (Fsp3) is 0.579. The van der Waals surface area contributed by atoms with E-state index in [2.05, 4.69) is 15.2 Å². The van der Waals surface area contributed by atoms with E-state index in [-0.39, 0.29) is 11.9 Å². The molecule has 1 aromatic carbocycles. The summed E-state index contributed by atoms with van der Waals surface area (Å²) in [7, 11) is 1.60. The van der Waals surface area contributed by atoms with Crippen molar-refractivity contribution in [1.29, 1.82) is 0 Å². The number of aryl methyl sites for hydroxylation is 1. The van der Waals surface area contributed by atoms with E-state index in [0.29, 0.717) is 25.3 Å². The zero-order chi connectivity index (χ0) is 18.6. The molecule has 0 aliphatic carbocycles. The van der Waals surface area contributed by atoms with Crippen molar-refractivity contribution in [3.8, 4) is 0 Å². The van der Waals surface area contributed by atoms with E-state index < -0.39 is 0 Å². The Labute approximate surface area is 155 Å². The molecule has 0 radical (unpaired) electrons. The fourth-order valence-corrected chi connectivity index (χ4v) is 2.60. The number of rotatable bonds is 8. The molecule has 1 aliphatic heterocycles. The number of amidine groups is 1. The molecule has 1 aliphatic rings. The Morgan fingerprint density at radius 1 is 1.31 bits per heavy atom. The third-order valence-corrected chi connectivity index (χ3v) is 4.02. The Hall–Kier alpha value is -1.96. The average molecular weight is 363 g/mol. The highest BCUT2D eigenvalue weighted by Gasteiger charge is 2.11. The number of carbonyl (C=O) groups is 1. The molecule has 1 aromatic rings. The lowest BCUT2D eigenvalue weighted by Gasteiger charge is -2.26. The maximum absolute atomic E-state index is 12.4. The van der Waals surface area contributed by atoms with Crippen LogP contribution in [0.5, 0.6) is 0 Å². The molecule has 1 amide bonds. The van der Waals surface area contributed by atoms with E-state index in [1.165, 1.54) is 0 Å². The van der Waals surface area contributed by atoms with Gasteiger partial charge in [-0.15, -0.1) is 0 Å². The highest BCUT2D eigenvalue weighted by Crippen LogP contribution is 2.04. The molecule has 0 spiro atoms. The topological polar surface area (TPSA) is 72.4 Å². The van der Waals surface area contributed by atoms with Gasteiger partial charge in [0.05, 0.1) is 19.8 Å². The maximum atomic E-state index is 12.4. The van der Waals surface area contributed by atoms with Gasteiger partial charge in [0.25, 0.3) is 11.9 Å². The molecule has 0 bridgehead atoms. The van der Waals surface area contributed by atoms with Gasteiger partial charge in [-0.3, -0.25) is 15.0 Å². The van der Waals surface area contributed by atoms with Crippen LogP contribution < -0.4 is 5.32 Å². The second-order valence-electron chi connectivity index (χ2n) is 6.16. The van der Waals surface area contributed by atoms with E-state index in [1.54, 1.807) is 13.2 Å². The lowest BCUT2D eigenvalue weighted by atomic mass is 10.1. The summed E-state index contributed by atoms with van der Waals surface area (Å²) in [5.41, 5.74) is 1.61. The number of nitrogens with one attached hydrogen (secondary N) is 1. The van der Waals surface area contributed by atoms with Crippen LogP contribution in [0.25, 0.3) is 0 Å². The summed E-state index contributed by atoms with van der Waals surface area (Å²) < 4.78 is 15.9. The summed E-state index contributed by atoms with van der Waals surface area (Å²) in [5.74, 6) is -0.224. The number of methoxy groups -OCH3 is 1. The monoisotopic (exact) mass is 363 g/mol. The Kier molecular flexibility index (Phi) is 9.09. The van der Waals surface area contributed by atoms with Gasteiger partial charge in [0.1, 0.15) is 6.61 Å². The van der Waals surface area contributed by atoms with Crippen LogP contribution in [0.15, 0.2) is 29.3 Å². The van der Waals surface area contributed by atoms with E-state index in [4.69, 9.17) is 14.2 Å². The molecule has 7 heteroatoms. The van der Waals surface area contributed by atoms with Gasteiger partial charge in [0.2, 0.25) is 0 Å². The van der Waals surface area contributed by atoms with Crippen LogP contribution in [0.2, 0.25) is 0 Å². The fourth-order valence-electron chi connectivity index (χ4n) is 2.60. The molecule has 7 nitrogen and oxygen atoms in total. The van der Waals surface area contributed by atoms with Gasteiger partial charge in [-0.2, -0.15) is 0 Å². The van der Waals surface area contributed by atoms with Gasteiger partial charge >= 0.3 is 0 Å². The summed E-state index contributed by atoms with van der Waals surface area (Å²) >= 11 is 0. The van der Waals surface area contributed by atoms with Crippen molar-refractivity contribution < 1.29 is 19.0 Å². The van der Waals surface area contributed by atoms with E-state index in [0.717, 1.165) is 44.8 Å². The summed E-state index contributed by atoms with van der Waals surface area (Å²) in [5, 5.41) is 2.76. The van der Waals surface area contributed by atoms with Gasteiger partial charge in [-0.05, 0) is 25.5 Å². The molecule has 0 aromatic heterocycles. The van der Waals surface area contributed by atoms with E-state index in [1.807, 2.05) is 25.1 Å². The minimum Gasteiger partial charge on any atom is -0.463 e. The Morgan fingerprint density at radius 2 is 2.12 bits per heavy atom. The predicted molar refractivity (Wildman–Crippen MR) is 101 cm³/mol. The van der Waals surface area contributed by atoms with Crippen molar-refractivity contribution in [3.63, 3.8) is 0 Å². The van der Waals surface area contributed by atoms with Gasteiger partial charge in [-0.25, -0.2) is 4.99 Å². The highest BCUT2D eigenvalue weighted by molar-refractivity contribution is 6.04. The Morgan fingerprint density at radius 3 is 2.85 bits per heavy atom. The number of amides is 1. The molecular weight excluding hydrogens is 334 g/mol. The summed E-state index contributed by atoms with van der Waals surface area (Å²) in [6.07, 6.45) is 0.900. The van der Waals surface area contributed by atoms with Crippen LogP contribution in [0.1, 0.15) is 22.3 Å². The minimum absolute atomic E-state index is 0.224.